The monoisotopic (exact) mass is 337 g/mol. The number of carbonyl (C=O) groups excluding carboxylic acids is 3. The van der Waals surface area contributed by atoms with E-state index in [1.54, 1.807) is 25.1 Å². The molecule has 1 aromatic rings. The van der Waals surface area contributed by atoms with Gasteiger partial charge >= 0.3 is 12.1 Å². The zero-order chi connectivity index (χ0) is 17.9. The lowest BCUT2D eigenvalue weighted by Crippen LogP contribution is -2.42. The van der Waals surface area contributed by atoms with E-state index >= 15 is 0 Å². The minimum Gasteiger partial charge on any atom is -0.454 e. The topological polar surface area (TPSA) is 91.4 Å². The van der Waals surface area contributed by atoms with Gasteiger partial charge in [0.05, 0.1) is 6.04 Å². The summed E-state index contributed by atoms with van der Waals surface area (Å²) in [5.41, 5.74) is 0.388. The molecule has 0 aromatic heterocycles. The van der Waals surface area contributed by atoms with Gasteiger partial charge in [-0.05, 0) is 25.1 Å². The van der Waals surface area contributed by atoms with Crippen LogP contribution in [0.2, 0.25) is 0 Å². The lowest BCUT2D eigenvalue weighted by molar-refractivity contribution is -0.163. The standard InChI is InChI=1S/C16H19NO7/c1-9(17(4)16(20)24-11(3)23-10(2)18)15(19)12-5-6-13-14(7-12)22-8-21-13/h5-7,9,11H,8H2,1-4H3. The summed E-state index contributed by atoms with van der Waals surface area (Å²) >= 11 is 0. The second-order valence-corrected chi connectivity index (χ2v) is 5.28. The number of fused-ring (bicyclic) bond motifs is 1. The van der Waals surface area contributed by atoms with Crippen molar-refractivity contribution in [2.75, 3.05) is 13.8 Å². The van der Waals surface area contributed by atoms with Gasteiger partial charge in [-0.1, -0.05) is 0 Å². The summed E-state index contributed by atoms with van der Waals surface area (Å²) in [7, 11) is 1.43. The third-order valence-corrected chi connectivity index (χ3v) is 3.50. The number of ketones is 1. The van der Waals surface area contributed by atoms with E-state index in [2.05, 4.69) is 0 Å². The van der Waals surface area contributed by atoms with E-state index in [1.165, 1.54) is 20.9 Å². The average Bonchev–Trinajstić information content (AvgIpc) is 2.99. The van der Waals surface area contributed by atoms with E-state index < -0.39 is 24.4 Å². The Labute approximate surface area is 139 Å². The van der Waals surface area contributed by atoms with E-state index in [9.17, 15) is 14.4 Å². The van der Waals surface area contributed by atoms with Crippen molar-refractivity contribution in [3.8, 4) is 11.5 Å². The third kappa shape index (κ3) is 3.95. The number of rotatable bonds is 5. The van der Waals surface area contributed by atoms with Crippen molar-refractivity contribution in [1.29, 1.82) is 0 Å². The van der Waals surface area contributed by atoms with E-state index in [1.807, 2.05) is 0 Å². The van der Waals surface area contributed by atoms with Crippen LogP contribution in [0.4, 0.5) is 4.79 Å². The smallest absolute Gasteiger partial charge is 0.413 e. The van der Waals surface area contributed by atoms with Gasteiger partial charge in [-0.15, -0.1) is 0 Å². The Morgan fingerprint density at radius 3 is 2.46 bits per heavy atom. The Morgan fingerprint density at radius 1 is 1.12 bits per heavy atom. The Bertz CT molecular complexity index is 658. The summed E-state index contributed by atoms with van der Waals surface area (Å²) in [6.07, 6.45) is -1.81. The van der Waals surface area contributed by atoms with Crippen LogP contribution < -0.4 is 9.47 Å². The van der Waals surface area contributed by atoms with Gasteiger partial charge in [-0.2, -0.15) is 0 Å². The van der Waals surface area contributed by atoms with Gasteiger partial charge < -0.3 is 23.8 Å². The molecule has 1 aromatic carbocycles. The van der Waals surface area contributed by atoms with Crippen molar-refractivity contribution < 1.29 is 33.3 Å². The highest BCUT2D eigenvalue weighted by atomic mass is 16.7. The van der Waals surface area contributed by atoms with Crippen molar-refractivity contribution in [2.24, 2.45) is 0 Å². The highest BCUT2D eigenvalue weighted by Crippen LogP contribution is 2.33. The lowest BCUT2D eigenvalue weighted by Gasteiger charge is -2.24. The van der Waals surface area contributed by atoms with Crippen LogP contribution in [0.1, 0.15) is 31.1 Å². The van der Waals surface area contributed by atoms with Gasteiger partial charge in [0.1, 0.15) is 0 Å². The highest BCUT2D eigenvalue weighted by molar-refractivity contribution is 6.01. The number of carbonyl (C=O) groups is 3. The quantitative estimate of drug-likeness (QED) is 0.461. The molecule has 1 amide bonds. The molecular weight excluding hydrogens is 318 g/mol. The number of hydrogen-bond donors (Lipinski definition) is 0. The molecule has 0 saturated carbocycles. The number of likely N-dealkylation sites (N-methyl/N-ethyl adjacent to an activating group) is 1. The molecule has 2 rings (SSSR count). The third-order valence-electron chi connectivity index (χ3n) is 3.50. The molecule has 0 spiro atoms. The van der Waals surface area contributed by atoms with Gasteiger partial charge in [0.15, 0.2) is 17.3 Å². The van der Waals surface area contributed by atoms with E-state index in [0.29, 0.717) is 17.1 Å². The normalized spacial score (nSPS) is 14.5. The molecule has 2 unspecified atom stereocenters. The maximum atomic E-state index is 12.5. The number of esters is 1. The number of amides is 1. The number of ether oxygens (including phenoxy) is 4. The average molecular weight is 337 g/mol. The molecule has 1 aliphatic rings. The van der Waals surface area contributed by atoms with E-state index in [4.69, 9.17) is 18.9 Å². The van der Waals surface area contributed by atoms with Crippen molar-refractivity contribution in [3.63, 3.8) is 0 Å². The van der Waals surface area contributed by atoms with Crippen molar-refractivity contribution in [2.45, 2.75) is 33.1 Å². The number of Topliss-reactive ketones (excluding diaryl/α,β-unsaturated/α-hetero) is 1. The molecule has 0 radical (unpaired) electrons. The molecule has 1 aliphatic heterocycles. The van der Waals surface area contributed by atoms with Gasteiger partial charge in [0.2, 0.25) is 13.1 Å². The Hall–Kier alpha value is -2.77. The fourth-order valence-corrected chi connectivity index (χ4v) is 2.11. The first-order valence-electron chi connectivity index (χ1n) is 7.34. The van der Waals surface area contributed by atoms with Crippen LogP contribution in [0.5, 0.6) is 11.5 Å². The van der Waals surface area contributed by atoms with Gasteiger partial charge in [0.25, 0.3) is 0 Å². The second kappa shape index (κ2) is 7.20. The van der Waals surface area contributed by atoms with Gasteiger partial charge in [-0.25, -0.2) is 4.79 Å². The predicted molar refractivity (Wildman–Crippen MR) is 81.8 cm³/mol. The van der Waals surface area contributed by atoms with Crippen molar-refractivity contribution >= 4 is 17.8 Å². The van der Waals surface area contributed by atoms with Crippen LogP contribution in [0.15, 0.2) is 18.2 Å². The van der Waals surface area contributed by atoms with Crippen LogP contribution in [0.25, 0.3) is 0 Å². The highest BCUT2D eigenvalue weighted by Gasteiger charge is 2.27. The van der Waals surface area contributed by atoms with Gasteiger partial charge in [-0.3, -0.25) is 9.59 Å². The molecule has 0 fully saturated rings. The molecule has 1 heterocycles. The summed E-state index contributed by atoms with van der Waals surface area (Å²) in [5, 5.41) is 0. The summed E-state index contributed by atoms with van der Waals surface area (Å²) in [6, 6.07) is 4.04. The maximum absolute atomic E-state index is 12.5. The Balaban J connectivity index is 2.01. The molecule has 130 valence electrons. The van der Waals surface area contributed by atoms with E-state index in [0.717, 1.165) is 4.90 Å². The lowest BCUT2D eigenvalue weighted by atomic mass is 10.0. The summed E-state index contributed by atoms with van der Waals surface area (Å²) < 4.78 is 20.1. The second-order valence-electron chi connectivity index (χ2n) is 5.28. The van der Waals surface area contributed by atoms with Crippen LogP contribution in [0.3, 0.4) is 0 Å². The number of nitrogens with zero attached hydrogens (tertiary/aromatic N) is 1. The maximum Gasteiger partial charge on any atom is 0.413 e. The molecule has 8 heteroatoms. The first-order chi connectivity index (χ1) is 11.3. The van der Waals surface area contributed by atoms with Crippen molar-refractivity contribution in [3.05, 3.63) is 23.8 Å². The first-order valence-corrected chi connectivity index (χ1v) is 7.34. The first kappa shape index (κ1) is 17.6. The van der Waals surface area contributed by atoms with Crippen molar-refractivity contribution in [1.82, 2.24) is 4.90 Å². The molecule has 0 N–H and O–H groups in total. The van der Waals surface area contributed by atoms with E-state index in [-0.39, 0.29) is 12.6 Å². The summed E-state index contributed by atoms with van der Waals surface area (Å²) in [5.74, 6) is 0.208. The molecule has 0 bridgehead atoms. The van der Waals surface area contributed by atoms with Crippen LogP contribution in [-0.2, 0) is 14.3 Å². The van der Waals surface area contributed by atoms with Crippen LogP contribution >= 0.6 is 0 Å². The minimum absolute atomic E-state index is 0.114. The summed E-state index contributed by atoms with van der Waals surface area (Å²) in [6.45, 7) is 4.31. The molecule has 8 nitrogen and oxygen atoms in total. The minimum atomic E-state index is -1.04. The summed E-state index contributed by atoms with van der Waals surface area (Å²) in [4.78, 5) is 36.5. The fraction of sp³-hybridized carbons (Fsp3) is 0.438. The molecule has 2 atom stereocenters. The molecular formula is C16H19NO7. The Kier molecular flexibility index (Phi) is 5.28. The van der Waals surface area contributed by atoms with Gasteiger partial charge in [0, 0.05) is 26.5 Å². The zero-order valence-corrected chi connectivity index (χ0v) is 13.9. The molecule has 24 heavy (non-hydrogen) atoms. The fourth-order valence-electron chi connectivity index (χ4n) is 2.11. The Morgan fingerprint density at radius 2 is 1.79 bits per heavy atom. The SMILES string of the molecule is CC(=O)OC(C)OC(=O)N(C)C(C)C(=O)c1ccc2c(c1)OCO2. The molecule has 0 aliphatic carbocycles. The predicted octanol–water partition coefficient (Wildman–Crippen LogP) is 1.96. The largest absolute Gasteiger partial charge is 0.454 e. The van der Waals surface area contributed by atoms with Crippen LogP contribution in [-0.4, -0.2) is 48.9 Å². The van der Waals surface area contributed by atoms with Crippen LogP contribution in [0, 0.1) is 0 Å². The molecule has 0 saturated heterocycles. The number of hydrogen-bond acceptors (Lipinski definition) is 7. The number of benzene rings is 1. The zero-order valence-electron chi connectivity index (χ0n) is 13.9.